The zero-order valence-corrected chi connectivity index (χ0v) is 11.8. The molecule has 5 nitrogen and oxygen atoms in total. The van der Waals surface area contributed by atoms with E-state index in [4.69, 9.17) is 10.9 Å². The van der Waals surface area contributed by atoms with E-state index in [1.807, 2.05) is 25.2 Å². The average molecular weight is 281 g/mol. The summed E-state index contributed by atoms with van der Waals surface area (Å²) >= 11 is 0. The molecule has 0 amide bonds. The number of aromatic nitrogens is 1. The smallest absolute Gasteiger partial charge is 0.209 e. The van der Waals surface area contributed by atoms with Crippen molar-refractivity contribution in [2.24, 2.45) is 17.9 Å². The van der Waals surface area contributed by atoms with Crippen LogP contribution in [0.4, 0.5) is 0 Å². The number of hydrogen-bond donors (Lipinski definition) is 2. The third kappa shape index (κ3) is 3.34. The molecule has 0 atom stereocenters. The normalized spacial score (nSPS) is 12.2. The summed E-state index contributed by atoms with van der Waals surface area (Å²) in [5.74, 6) is -0.0302. The number of hydrogen-bond acceptors (Lipinski definition) is 3. The second kappa shape index (κ2) is 5.32. The summed E-state index contributed by atoms with van der Waals surface area (Å²) < 4.78 is 24.1. The van der Waals surface area contributed by atoms with Gasteiger partial charge in [0.05, 0.1) is 5.75 Å². The van der Waals surface area contributed by atoms with Gasteiger partial charge in [-0.2, -0.15) is 0 Å². The predicted molar refractivity (Wildman–Crippen MR) is 77.4 cm³/mol. The fourth-order valence-electron chi connectivity index (χ4n) is 2.29. The Morgan fingerprint density at radius 2 is 2.00 bits per heavy atom. The van der Waals surface area contributed by atoms with Crippen LogP contribution in [0.3, 0.4) is 0 Å². The number of benzene rings is 1. The van der Waals surface area contributed by atoms with Gasteiger partial charge in [0.25, 0.3) is 0 Å². The van der Waals surface area contributed by atoms with Crippen molar-refractivity contribution in [3.63, 3.8) is 0 Å². The minimum atomic E-state index is -3.42. The third-order valence-electron chi connectivity index (χ3n) is 3.23. The Morgan fingerprint density at radius 3 is 2.63 bits per heavy atom. The molecule has 0 bridgehead atoms. The zero-order chi connectivity index (χ0) is 14.0. The van der Waals surface area contributed by atoms with E-state index in [2.05, 4.69) is 10.8 Å². The van der Waals surface area contributed by atoms with Crippen LogP contribution in [0.25, 0.3) is 10.9 Å². The van der Waals surface area contributed by atoms with Crippen molar-refractivity contribution in [3.8, 4) is 0 Å². The highest BCUT2D eigenvalue weighted by Gasteiger charge is 2.08. The Kier molecular flexibility index (Phi) is 3.93. The average Bonchev–Trinajstić information content (AvgIpc) is 2.63. The maximum atomic E-state index is 11.0. The van der Waals surface area contributed by atoms with Crippen LogP contribution in [0.15, 0.2) is 24.4 Å². The number of aryl methyl sites for hydroxylation is 2. The lowest BCUT2D eigenvalue weighted by Gasteiger charge is -2.03. The molecule has 2 rings (SSSR count). The molecule has 0 aliphatic heterocycles. The minimum Gasteiger partial charge on any atom is -0.350 e. The Bertz CT molecular complexity index is 689. The van der Waals surface area contributed by atoms with Crippen LogP contribution in [-0.2, 0) is 29.9 Å². The molecule has 0 radical (unpaired) electrons. The van der Waals surface area contributed by atoms with Crippen LogP contribution in [0.5, 0.6) is 0 Å². The fraction of sp³-hybridized carbons (Fsp3) is 0.385. The maximum absolute atomic E-state index is 11.0. The molecule has 2 aromatic rings. The molecule has 1 heterocycles. The maximum Gasteiger partial charge on any atom is 0.209 e. The molecule has 0 aliphatic carbocycles. The first-order valence-electron chi connectivity index (χ1n) is 6.18. The Balaban J connectivity index is 2.35. The molecule has 0 spiro atoms. The summed E-state index contributed by atoms with van der Waals surface area (Å²) in [5, 5.41) is 6.17. The second-order valence-electron chi connectivity index (χ2n) is 4.77. The van der Waals surface area contributed by atoms with Gasteiger partial charge in [-0.25, -0.2) is 13.6 Å². The largest absolute Gasteiger partial charge is 0.350 e. The van der Waals surface area contributed by atoms with Gasteiger partial charge in [-0.15, -0.1) is 0 Å². The van der Waals surface area contributed by atoms with Crippen LogP contribution < -0.4 is 10.9 Å². The van der Waals surface area contributed by atoms with Crippen LogP contribution >= 0.6 is 0 Å². The highest BCUT2D eigenvalue weighted by atomic mass is 32.2. The van der Waals surface area contributed by atoms with Gasteiger partial charge in [-0.05, 0) is 42.6 Å². The molecular weight excluding hydrogens is 262 g/mol. The molecule has 0 fully saturated rings. The molecular formula is C13H19N3O2S. The number of sulfonamides is 1. The van der Waals surface area contributed by atoms with E-state index < -0.39 is 10.0 Å². The van der Waals surface area contributed by atoms with E-state index in [0.717, 1.165) is 22.9 Å². The van der Waals surface area contributed by atoms with Gasteiger partial charge in [-0.3, -0.25) is 0 Å². The molecule has 1 aromatic heterocycles. The van der Waals surface area contributed by atoms with E-state index in [9.17, 15) is 8.42 Å². The predicted octanol–water partition coefficient (Wildman–Crippen LogP) is 0.511. The molecule has 0 saturated heterocycles. The van der Waals surface area contributed by atoms with Crippen LogP contribution in [0.1, 0.15) is 11.1 Å². The van der Waals surface area contributed by atoms with Gasteiger partial charge in [0.15, 0.2) is 0 Å². The van der Waals surface area contributed by atoms with Gasteiger partial charge in [-0.1, -0.05) is 6.07 Å². The van der Waals surface area contributed by atoms with Crippen molar-refractivity contribution >= 4 is 20.9 Å². The molecule has 1 aromatic carbocycles. The van der Waals surface area contributed by atoms with Gasteiger partial charge >= 0.3 is 0 Å². The summed E-state index contributed by atoms with van der Waals surface area (Å²) in [7, 11) is -1.42. The van der Waals surface area contributed by atoms with Crippen LogP contribution in [0, 0.1) is 0 Å². The summed E-state index contributed by atoms with van der Waals surface area (Å²) in [6.45, 7) is 0.598. The first-order valence-corrected chi connectivity index (χ1v) is 7.89. The van der Waals surface area contributed by atoms with E-state index in [0.29, 0.717) is 13.0 Å². The van der Waals surface area contributed by atoms with Crippen molar-refractivity contribution in [1.82, 2.24) is 4.57 Å². The first-order chi connectivity index (χ1) is 8.90. The quantitative estimate of drug-likeness (QED) is 0.836. The summed E-state index contributed by atoms with van der Waals surface area (Å²) in [6, 6.07) is 5.99. The lowest BCUT2D eigenvalue weighted by molar-refractivity contribution is 0.597. The van der Waals surface area contributed by atoms with Crippen molar-refractivity contribution in [1.29, 1.82) is 0 Å². The van der Waals surface area contributed by atoms with Gasteiger partial charge < -0.3 is 10.3 Å². The highest BCUT2D eigenvalue weighted by molar-refractivity contribution is 7.89. The zero-order valence-electron chi connectivity index (χ0n) is 11.0. The van der Waals surface area contributed by atoms with E-state index in [-0.39, 0.29) is 5.75 Å². The molecule has 6 heteroatoms. The van der Waals surface area contributed by atoms with E-state index in [1.54, 1.807) is 0 Å². The third-order valence-corrected chi connectivity index (χ3v) is 4.00. The number of primary sulfonamides is 1. The minimum absolute atomic E-state index is 0.0302. The summed E-state index contributed by atoms with van der Waals surface area (Å²) in [4.78, 5) is 0. The van der Waals surface area contributed by atoms with Gasteiger partial charge in [0.2, 0.25) is 10.0 Å². The van der Waals surface area contributed by atoms with E-state index >= 15 is 0 Å². The van der Waals surface area contributed by atoms with E-state index in [1.165, 1.54) is 5.56 Å². The van der Waals surface area contributed by atoms with Crippen LogP contribution in [-0.4, -0.2) is 25.3 Å². The summed E-state index contributed by atoms with van der Waals surface area (Å²) in [6.07, 6.45) is 3.32. The SMILES string of the molecule is Cn1cc(CCN)c2cc(CCS(N)(=O)=O)ccc21. The van der Waals surface area contributed by atoms with Crippen molar-refractivity contribution < 1.29 is 8.42 Å². The van der Waals surface area contributed by atoms with Crippen molar-refractivity contribution in [2.45, 2.75) is 12.8 Å². The molecule has 19 heavy (non-hydrogen) atoms. The van der Waals surface area contributed by atoms with Crippen molar-refractivity contribution in [3.05, 3.63) is 35.5 Å². The second-order valence-corrected chi connectivity index (χ2v) is 6.51. The molecule has 0 aliphatic rings. The lowest BCUT2D eigenvalue weighted by atomic mass is 10.1. The molecule has 0 saturated carbocycles. The standard InChI is InChI=1S/C13H19N3O2S/c1-16-9-11(4-6-14)12-8-10(2-3-13(12)16)5-7-19(15,17)18/h2-3,8-9H,4-7,14H2,1H3,(H2,15,17,18). The number of fused-ring (bicyclic) bond motifs is 1. The van der Waals surface area contributed by atoms with Crippen molar-refractivity contribution in [2.75, 3.05) is 12.3 Å². The molecule has 4 N–H and O–H groups in total. The Hall–Kier alpha value is -1.37. The summed E-state index contributed by atoms with van der Waals surface area (Å²) in [5.41, 5.74) is 8.91. The Morgan fingerprint density at radius 1 is 1.26 bits per heavy atom. The number of rotatable bonds is 5. The number of nitrogens with zero attached hydrogens (tertiary/aromatic N) is 1. The highest BCUT2D eigenvalue weighted by Crippen LogP contribution is 2.22. The van der Waals surface area contributed by atoms with Gasteiger partial charge in [0.1, 0.15) is 0 Å². The topological polar surface area (TPSA) is 91.1 Å². The lowest BCUT2D eigenvalue weighted by Crippen LogP contribution is -2.17. The monoisotopic (exact) mass is 281 g/mol. The number of nitrogens with two attached hydrogens (primary N) is 2. The molecule has 104 valence electrons. The Labute approximate surface area is 113 Å². The fourth-order valence-corrected chi connectivity index (χ4v) is 2.81. The van der Waals surface area contributed by atoms with Gasteiger partial charge in [0, 0.05) is 24.1 Å². The first kappa shape index (κ1) is 14.0. The molecule has 0 unspecified atom stereocenters. The van der Waals surface area contributed by atoms with Crippen LogP contribution in [0.2, 0.25) is 0 Å².